The Morgan fingerprint density at radius 1 is 1.58 bits per heavy atom. The summed E-state index contributed by atoms with van der Waals surface area (Å²) in [5, 5.41) is 7.08. The van der Waals surface area contributed by atoms with Crippen molar-refractivity contribution in [3.05, 3.63) is 0 Å². The summed E-state index contributed by atoms with van der Waals surface area (Å²) in [6.45, 7) is 1.42. The first-order chi connectivity index (χ1) is 5.41. The van der Waals surface area contributed by atoms with Gasteiger partial charge in [-0.1, -0.05) is 0 Å². The molecule has 0 aromatic carbocycles. The number of hydrogen-bond acceptors (Lipinski definition) is 4. The van der Waals surface area contributed by atoms with E-state index in [1.807, 2.05) is 0 Å². The molecule has 0 aliphatic carbocycles. The maximum absolute atomic E-state index is 11.1. The molecule has 0 rings (SSSR count). The van der Waals surface area contributed by atoms with Crippen molar-refractivity contribution in [3.63, 3.8) is 0 Å². The summed E-state index contributed by atoms with van der Waals surface area (Å²) >= 11 is 0. The molecular formula is C6H13NO4S. The van der Waals surface area contributed by atoms with E-state index in [0.717, 1.165) is 6.92 Å². The number of carboxylic acids is 1. The van der Waals surface area contributed by atoms with Gasteiger partial charge in [0.25, 0.3) is 0 Å². The molecule has 0 heterocycles. The van der Waals surface area contributed by atoms with E-state index in [-0.39, 0.29) is 12.3 Å². The Morgan fingerprint density at radius 3 is 2.42 bits per heavy atom. The third-order valence-corrected chi connectivity index (χ3v) is 3.66. The number of aliphatic carboxylic acids is 1. The molecule has 5 nitrogen and oxygen atoms in total. The first-order valence-electron chi connectivity index (χ1n) is 3.56. The lowest BCUT2D eigenvalue weighted by molar-refractivity contribution is -0.136. The van der Waals surface area contributed by atoms with Crippen LogP contribution >= 0.6 is 0 Å². The smallest absolute Gasteiger partial charge is 0.321 e. The van der Waals surface area contributed by atoms with Crippen molar-refractivity contribution in [3.8, 4) is 0 Å². The minimum absolute atomic E-state index is 0.156. The van der Waals surface area contributed by atoms with E-state index in [2.05, 4.69) is 0 Å². The highest BCUT2D eigenvalue weighted by atomic mass is 32.2. The van der Waals surface area contributed by atoms with Crippen LogP contribution in [0.4, 0.5) is 0 Å². The molecule has 0 radical (unpaired) electrons. The SMILES string of the molecule is CC(C(=O)O)S(=O)(=O)CCCN. The number of sulfone groups is 1. The lowest BCUT2D eigenvalue weighted by Crippen LogP contribution is -2.29. The molecule has 0 aliphatic rings. The monoisotopic (exact) mass is 195 g/mol. The molecule has 0 amide bonds. The number of nitrogens with two attached hydrogens (primary N) is 1. The Kier molecular flexibility index (Phi) is 4.19. The van der Waals surface area contributed by atoms with Crippen molar-refractivity contribution < 1.29 is 18.3 Å². The molecule has 0 aromatic heterocycles. The topological polar surface area (TPSA) is 97.5 Å². The zero-order valence-electron chi connectivity index (χ0n) is 6.86. The Balaban J connectivity index is 4.31. The van der Waals surface area contributed by atoms with Gasteiger partial charge in [-0.25, -0.2) is 8.42 Å². The molecule has 0 aromatic rings. The second-order valence-corrected chi connectivity index (χ2v) is 4.93. The van der Waals surface area contributed by atoms with Gasteiger partial charge in [0.1, 0.15) is 0 Å². The van der Waals surface area contributed by atoms with E-state index in [1.54, 1.807) is 0 Å². The molecule has 0 saturated carbocycles. The second-order valence-electron chi connectivity index (χ2n) is 2.49. The molecular weight excluding hydrogens is 182 g/mol. The molecule has 12 heavy (non-hydrogen) atoms. The minimum Gasteiger partial charge on any atom is -0.480 e. The third kappa shape index (κ3) is 3.19. The van der Waals surface area contributed by atoms with E-state index in [4.69, 9.17) is 10.8 Å². The van der Waals surface area contributed by atoms with Crippen molar-refractivity contribution in [2.75, 3.05) is 12.3 Å². The highest BCUT2D eigenvalue weighted by molar-refractivity contribution is 7.92. The summed E-state index contributed by atoms with van der Waals surface area (Å²) in [5.74, 6) is -1.47. The fourth-order valence-electron chi connectivity index (χ4n) is 0.615. The molecule has 3 N–H and O–H groups in total. The standard InChI is InChI=1S/C6H13NO4S/c1-5(6(8)9)12(10,11)4-2-3-7/h5H,2-4,7H2,1H3,(H,8,9). The lowest BCUT2D eigenvalue weighted by atomic mass is 10.5. The minimum atomic E-state index is -3.50. The maximum atomic E-state index is 11.1. The van der Waals surface area contributed by atoms with E-state index in [9.17, 15) is 13.2 Å². The Labute approximate surface area is 71.5 Å². The number of rotatable bonds is 5. The van der Waals surface area contributed by atoms with Gasteiger partial charge < -0.3 is 10.8 Å². The number of carbonyl (C=O) groups is 1. The molecule has 6 heteroatoms. The van der Waals surface area contributed by atoms with Crippen molar-refractivity contribution in [2.24, 2.45) is 5.73 Å². The summed E-state index contributed by atoms with van der Waals surface area (Å²) in [7, 11) is -3.50. The van der Waals surface area contributed by atoms with E-state index >= 15 is 0 Å². The summed E-state index contributed by atoms with van der Waals surface area (Å²) < 4.78 is 22.2. The van der Waals surface area contributed by atoms with Gasteiger partial charge >= 0.3 is 5.97 Å². The van der Waals surface area contributed by atoms with Crippen LogP contribution in [0.3, 0.4) is 0 Å². The first-order valence-corrected chi connectivity index (χ1v) is 5.28. The van der Waals surface area contributed by atoms with Crippen LogP contribution in [0.5, 0.6) is 0 Å². The maximum Gasteiger partial charge on any atom is 0.321 e. The largest absolute Gasteiger partial charge is 0.480 e. The molecule has 0 fully saturated rings. The van der Waals surface area contributed by atoms with Crippen LogP contribution in [-0.2, 0) is 14.6 Å². The van der Waals surface area contributed by atoms with Crippen LogP contribution in [0.25, 0.3) is 0 Å². The molecule has 0 saturated heterocycles. The normalized spacial score (nSPS) is 14.2. The van der Waals surface area contributed by atoms with Crippen LogP contribution in [0.2, 0.25) is 0 Å². The van der Waals surface area contributed by atoms with Gasteiger partial charge in [0.05, 0.1) is 5.75 Å². The Bertz CT molecular complexity index is 246. The van der Waals surface area contributed by atoms with Crippen molar-refractivity contribution in [2.45, 2.75) is 18.6 Å². The van der Waals surface area contributed by atoms with E-state index < -0.39 is 21.1 Å². The zero-order valence-corrected chi connectivity index (χ0v) is 7.67. The van der Waals surface area contributed by atoms with Gasteiger partial charge in [-0.15, -0.1) is 0 Å². The van der Waals surface area contributed by atoms with Crippen molar-refractivity contribution in [1.29, 1.82) is 0 Å². The van der Waals surface area contributed by atoms with Crippen molar-refractivity contribution >= 4 is 15.8 Å². The van der Waals surface area contributed by atoms with Crippen LogP contribution in [0.15, 0.2) is 0 Å². The first kappa shape index (κ1) is 11.4. The van der Waals surface area contributed by atoms with Crippen molar-refractivity contribution in [1.82, 2.24) is 0 Å². The van der Waals surface area contributed by atoms with Gasteiger partial charge in [0.15, 0.2) is 15.1 Å². The number of hydrogen-bond donors (Lipinski definition) is 2. The molecule has 0 spiro atoms. The average molecular weight is 195 g/mol. The fourth-order valence-corrected chi connectivity index (χ4v) is 1.84. The Hall–Kier alpha value is -0.620. The second kappa shape index (κ2) is 4.42. The predicted octanol–water partition coefficient (Wildman–Crippen LogP) is -0.777. The molecule has 0 bridgehead atoms. The quantitative estimate of drug-likeness (QED) is 0.600. The summed E-state index contributed by atoms with van der Waals surface area (Å²) in [6.07, 6.45) is 0.306. The summed E-state index contributed by atoms with van der Waals surface area (Å²) in [4.78, 5) is 10.3. The zero-order chi connectivity index (χ0) is 9.78. The average Bonchev–Trinajstić information content (AvgIpc) is 1.99. The Morgan fingerprint density at radius 2 is 2.08 bits per heavy atom. The third-order valence-electron chi connectivity index (χ3n) is 1.52. The summed E-state index contributed by atoms with van der Waals surface area (Å²) in [5.41, 5.74) is 5.10. The summed E-state index contributed by atoms with van der Waals surface area (Å²) in [6, 6.07) is 0. The highest BCUT2D eigenvalue weighted by Gasteiger charge is 2.26. The van der Waals surface area contributed by atoms with E-state index in [1.165, 1.54) is 0 Å². The molecule has 1 atom stereocenters. The van der Waals surface area contributed by atoms with Gasteiger partial charge in [-0.05, 0) is 19.9 Å². The molecule has 72 valence electrons. The van der Waals surface area contributed by atoms with Crippen LogP contribution in [-0.4, -0.2) is 37.0 Å². The molecule has 0 aliphatic heterocycles. The highest BCUT2D eigenvalue weighted by Crippen LogP contribution is 2.03. The fraction of sp³-hybridized carbons (Fsp3) is 0.833. The molecule has 1 unspecified atom stereocenters. The van der Waals surface area contributed by atoms with Gasteiger partial charge in [-0.2, -0.15) is 0 Å². The van der Waals surface area contributed by atoms with E-state index in [0.29, 0.717) is 6.42 Å². The van der Waals surface area contributed by atoms with Gasteiger partial charge in [-0.3, -0.25) is 4.79 Å². The van der Waals surface area contributed by atoms with Crippen LogP contribution in [0, 0.1) is 0 Å². The van der Waals surface area contributed by atoms with Gasteiger partial charge in [0, 0.05) is 0 Å². The van der Waals surface area contributed by atoms with Crippen LogP contribution in [0.1, 0.15) is 13.3 Å². The lowest BCUT2D eigenvalue weighted by Gasteiger charge is -2.06. The van der Waals surface area contributed by atoms with Gasteiger partial charge in [0.2, 0.25) is 0 Å². The predicted molar refractivity (Wildman–Crippen MR) is 44.6 cm³/mol. The number of carboxylic acid groups (broad SMARTS) is 1. The van der Waals surface area contributed by atoms with Crippen LogP contribution < -0.4 is 5.73 Å².